The summed E-state index contributed by atoms with van der Waals surface area (Å²) in [6.07, 6.45) is 23.6. The van der Waals surface area contributed by atoms with Gasteiger partial charge in [0.2, 0.25) is 0 Å². The maximum atomic E-state index is 2.99. The van der Waals surface area contributed by atoms with Crippen molar-refractivity contribution >= 4 is 43.8 Å². The molecule has 4 aromatic carbocycles. The van der Waals surface area contributed by atoms with Crippen LogP contribution in [0.2, 0.25) is 8.76 Å². The van der Waals surface area contributed by atoms with Crippen molar-refractivity contribution in [3.05, 3.63) is 129 Å². The average molecular weight is 939 g/mol. The van der Waals surface area contributed by atoms with E-state index in [1.54, 1.807) is 22.3 Å². The Kier molecular flexibility index (Phi) is 14.8. The molecule has 60 heavy (non-hydrogen) atoms. The van der Waals surface area contributed by atoms with Gasteiger partial charge in [0.25, 0.3) is 0 Å². The first-order chi connectivity index (χ1) is 27.6. The van der Waals surface area contributed by atoms with Crippen LogP contribution in [0.1, 0.15) is 173 Å². The molecule has 8 rings (SSSR count). The standard InChI is InChI=1S/2C26H31.C3H7.CH3.2ClH.H2Si.Zr/c2*1-26(2,3)23-14-12-21(13-15-23)24-11-7-10-22-17-20(18-25(22)24)16-19-8-5-4-6-9-19;1-3-2;;;;;/h2*7,10-15,17-19H,4-6,8-9,16H2,1-3H3;1,3H2,2H3;1H3;2*1H;1H2;. The number of fused-ring (bicyclic) bond motifs is 2. The third-order valence-corrected chi connectivity index (χ3v) is 39.1. The number of hydrogen-bond acceptors (Lipinski definition) is 0. The monoisotopic (exact) mass is 936 g/mol. The van der Waals surface area contributed by atoms with E-state index in [4.69, 9.17) is 0 Å². The van der Waals surface area contributed by atoms with Crippen LogP contribution in [-0.2, 0) is 28.2 Å². The number of hydrogen-bond donors (Lipinski definition) is 0. The second-order valence-electron chi connectivity index (χ2n) is 22.3. The molecule has 0 aliphatic heterocycles. The van der Waals surface area contributed by atoms with E-state index in [1.165, 1.54) is 121 Å². The van der Waals surface area contributed by atoms with Gasteiger partial charge in [-0.05, 0) is 0 Å². The summed E-state index contributed by atoms with van der Waals surface area (Å²) in [5.74, 6) is 1.65. The van der Waals surface area contributed by atoms with Gasteiger partial charge in [-0.15, -0.1) is 24.8 Å². The van der Waals surface area contributed by atoms with Gasteiger partial charge in [-0.2, -0.15) is 0 Å². The fourth-order valence-electron chi connectivity index (χ4n) is 12.7. The Morgan fingerprint density at radius 2 is 0.900 bits per heavy atom. The Balaban J connectivity index is 0.00000302. The van der Waals surface area contributed by atoms with Crippen LogP contribution in [0.15, 0.2) is 96.1 Å². The molecular weight excluding hydrogens is 863 g/mol. The molecule has 4 aliphatic carbocycles. The molecule has 0 amide bonds. The van der Waals surface area contributed by atoms with Crippen LogP contribution < -0.4 is 0 Å². The molecule has 0 heterocycles. The van der Waals surface area contributed by atoms with Gasteiger partial charge in [-0.1, -0.05) is 0 Å². The number of allylic oxidation sites excluding steroid dienone is 2. The van der Waals surface area contributed by atoms with Gasteiger partial charge in [0, 0.05) is 0 Å². The van der Waals surface area contributed by atoms with E-state index in [1.807, 2.05) is 11.1 Å². The molecule has 0 N–H and O–H groups in total. The molecule has 4 aromatic rings. The molecule has 0 saturated heterocycles. The predicted molar refractivity (Wildman–Crippen MR) is 269 cm³/mol. The summed E-state index contributed by atoms with van der Waals surface area (Å²) >= 11 is -3.96. The van der Waals surface area contributed by atoms with Gasteiger partial charge in [0.05, 0.1) is 0 Å². The van der Waals surface area contributed by atoms with Crippen LogP contribution in [0.25, 0.3) is 34.4 Å². The third-order valence-electron chi connectivity index (χ3n) is 15.6. The number of rotatable bonds is 10. The largest absolute Gasteiger partial charge is 0.147 e. The normalized spacial score (nSPS) is 20.1. The summed E-state index contributed by atoms with van der Waals surface area (Å²) in [6, 6.07) is 34.2. The van der Waals surface area contributed by atoms with Gasteiger partial charge >= 0.3 is 359 Å². The smallest absolute Gasteiger partial charge is 0.147 e. The number of benzene rings is 4. The first-order valence-electron chi connectivity index (χ1n) is 23.6. The Bertz CT molecular complexity index is 2100. The van der Waals surface area contributed by atoms with Crippen LogP contribution >= 0.6 is 24.8 Å². The van der Waals surface area contributed by atoms with E-state index in [0.29, 0.717) is 7.25 Å². The Morgan fingerprint density at radius 3 is 1.23 bits per heavy atom. The zero-order valence-electron chi connectivity index (χ0n) is 38.5. The summed E-state index contributed by atoms with van der Waals surface area (Å²) < 4.78 is 5.55. The van der Waals surface area contributed by atoms with Crippen molar-refractivity contribution in [1.29, 1.82) is 0 Å². The minimum Gasteiger partial charge on any atom is -0.147 e. The summed E-state index contributed by atoms with van der Waals surface area (Å²) in [4.78, 5) is 0. The average Bonchev–Trinajstić information content (AvgIpc) is 3.77. The van der Waals surface area contributed by atoms with E-state index < -0.39 is 17.4 Å². The molecule has 2 saturated carbocycles. The fraction of sp³-hybridized carbons (Fsp3) is 0.500. The molecule has 4 heteroatoms. The van der Waals surface area contributed by atoms with E-state index in [0.717, 1.165) is 11.8 Å². The minimum absolute atomic E-state index is 0. The van der Waals surface area contributed by atoms with Crippen LogP contribution in [-0.4, -0.2) is 6.88 Å². The summed E-state index contributed by atoms with van der Waals surface area (Å²) in [5.41, 5.74) is 18.9. The zero-order chi connectivity index (χ0) is 40.9. The van der Waals surface area contributed by atoms with Crippen molar-refractivity contribution in [1.82, 2.24) is 0 Å². The molecule has 4 aliphatic rings. The van der Waals surface area contributed by atoms with Gasteiger partial charge in [-0.3, -0.25) is 0 Å². The maximum Gasteiger partial charge on any atom is -0.147 e. The molecule has 0 bridgehead atoms. The van der Waals surface area contributed by atoms with Crippen LogP contribution in [0.3, 0.4) is 0 Å². The minimum atomic E-state index is -3.96. The van der Waals surface area contributed by atoms with Crippen LogP contribution in [0.5, 0.6) is 0 Å². The maximum absolute atomic E-state index is 3.96. The van der Waals surface area contributed by atoms with Crippen molar-refractivity contribution in [3.8, 4) is 22.3 Å². The third kappa shape index (κ3) is 9.31. The first-order valence-corrected chi connectivity index (χ1v) is 36.5. The quantitative estimate of drug-likeness (QED) is 0.139. The van der Waals surface area contributed by atoms with Crippen molar-refractivity contribution < 1.29 is 17.4 Å². The molecule has 0 aromatic heterocycles. The summed E-state index contributed by atoms with van der Waals surface area (Å²) in [6.45, 7) is 19.2. The molecule has 2 fully saturated rings. The van der Waals surface area contributed by atoms with E-state index >= 15 is 0 Å². The second kappa shape index (κ2) is 18.6. The molecule has 322 valence electrons. The Morgan fingerprint density at radius 1 is 0.533 bits per heavy atom. The fourth-order valence-corrected chi connectivity index (χ4v) is 38.6. The van der Waals surface area contributed by atoms with Gasteiger partial charge in [0.15, 0.2) is 0 Å². The van der Waals surface area contributed by atoms with Crippen LogP contribution in [0.4, 0.5) is 0 Å². The Hall–Kier alpha value is -1.96. The van der Waals surface area contributed by atoms with Crippen molar-refractivity contribution in [3.63, 3.8) is 0 Å². The van der Waals surface area contributed by atoms with Crippen molar-refractivity contribution in [2.75, 3.05) is 0 Å². The van der Waals surface area contributed by atoms with Crippen molar-refractivity contribution in [2.24, 2.45) is 11.8 Å². The summed E-state index contributed by atoms with van der Waals surface area (Å²) in [7, 11) is 0. The zero-order valence-corrected chi connectivity index (χ0v) is 44.0. The van der Waals surface area contributed by atoms with E-state index in [-0.39, 0.29) is 35.6 Å². The molecule has 2 atom stereocenters. The van der Waals surface area contributed by atoms with E-state index in [2.05, 4.69) is 157 Å². The van der Waals surface area contributed by atoms with Crippen LogP contribution in [0, 0.1) is 11.8 Å². The van der Waals surface area contributed by atoms with Gasteiger partial charge < -0.3 is 0 Å². The molecule has 0 radical (unpaired) electrons. The Labute approximate surface area is 380 Å². The van der Waals surface area contributed by atoms with Gasteiger partial charge in [-0.25, -0.2) is 0 Å². The first kappa shape index (κ1) is 47.5. The molecular formula is C56H76Cl2SiZr. The SMILES string of the molecule is CC[CH2][Zr]([CH3])(=[SiH2])([CH]1C(CC2CCCCC2)=Cc2c(-c3ccc(C(C)(C)C)cc3)cccc21)[CH]1C(CC2CCCCC2)=Cc2c(-c3ccc(C(C)(C)C)cc3)cccc21.Cl.Cl. The van der Waals surface area contributed by atoms with E-state index in [9.17, 15) is 0 Å². The molecule has 2 unspecified atom stereocenters. The topological polar surface area (TPSA) is 0 Å². The molecule has 0 spiro atoms. The van der Waals surface area contributed by atoms with Crippen molar-refractivity contribution in [2.45, 2.75) is 159 Å². The number of halogens is 2. The second-order valence-corrected chi connectivity index (χ2v) is 50.7. The molecule has 0 nitrogen and oxygen atoms in total. The predicted octanol–water partition coefficient (Wildman–Crippen LogP) is 17.1. The van der Waals surface area contributed by atoms with Gasteiger partial charge in [0.1, 0.15) is 0 Å². The summed E-state index contributed by atoms with van der Waals surface area (Å²) in [5, 5.41) is 0.